The van der Waals surface area contributed by atoms with E-state index >= 15 is 0 Å². The number of hydrogen-bond donors (Lipinski definition) is 2. The van der Waals surface area contributed by atoms with Gasteiger partial charge >= 0.3 is 0 Å². The van der Waals surface area contributed by atoms with Crippen molar-refractivity contribution in [3.8, 4) is 11.5 Å². The maximum atomic E-state index is 6.00. The first-order valence-corrected chi connectivity index (χ1v) is 9.71. The number of nitrogens with one attached hydrogen (secondary N) is 2. The molecule has 0 heterocycles. The van der Waals surface area contributed by atoms with Crippen molar-refractivity contribution in [2.45, 2.75) is 26.6 Å². The van der Waals surface area contributed by atoms with Gasteiger partial charge in [-0.3, -0.25) is 0 Å². The molecule has 0 aliphatic rings. The normalized spacial score (nSPS) is 10.5. The lowest BCUT2D eigenvalue weighted by Gasteiger charge is -2.16. The van der Waals surface area contributed by atoms with Crippen LogP contribution in [0.3, 0.4) is 0 Å². The summed E-state index contributed by atoms with van der Waals surface area (Å²) in [6, 6.07) is 26.2. The average molecular weight is 377 g/mol. The van der Waals surface area contributed by atoms with Crippen molar-refractivity contribution in [2.75, 3.05) is 23.7 Å². The molecule has 0 radical (unpaired) electrons. The quantitative estimate of drug-likeness (QED) is 0.454. The lowest BCUT2D eigenvalue weighted by molar-refractivity contribution is 0.243. The first kappa shape index (κ1) is 19.6. The molecule has 4 heteroatoms. The van der Waals surface area contributed by atoms with E-state index in [9.17, 15) is 0 Å². The molecule has 0 aliphatic carbocycles. The van der Waals surface area contributed by atoms with Crippen molar-refractivity contribution in [1.82, 2.24) is 0 Å². The lowest BCUT2D eigenvalue weighted by atomic mass is 10.2. The summed E-state index contributed by atoms with van der Waals surface area (Å²) in [7, 11) is 0. The maximum absolute atomic E-state index is 6.00. The molecule has 0 saturated carbocycles. The van der Waals surface area contributed by atoms with Crippen LogP contribution in [0.4, 0.5) is 11.4 Å². The molecule has 0 unspecified atom stereocenters. The van der Waals surface area contributed by atoms with E-state index in [0.717, 1.165) is 41.5 Å². The first-order chi connectivity index (χ1) is 13.7. The van der Waals surface area contributed by atoms with Gasteiger partial charge in [-0.1, -0.05) is 54.6 Å². The van der Waals surface area contributed by atoms with E-state index in [1.54, 1.807) is 0 Å². The highest BCUT2D eigenvalue weighted by Crippen LogP contribution is 2.26. The lowest BCUT2D eigenvalue weighted by Crippen LogP contribution is -2.15. The van der Waals surface area contributed by atoms with Gasteiger partial charge in [0.05, 0.1) is 17.5 Å². The zero-order chi connectivity index (χ0) is 19.6. The predicted octanol–water partition coefficient (Wildman–Crippen LogP) is 5.58. The fraction of sp³-hybridized carbons (Fsp3) is 0.250. The van der Waals surface area contributed by atoms with E-state index in [1.807, 2.05) is 80.6 Å². The van der Waals surface area contributed by atoms with Crippen molar-refractivity contribution in [1.29, 1.82) is 0 Å². The van der Waals surface area contributed by atoms with Gasteiger partial charge in [0.1, 0.15) is 18.1 Å². The van der Waals surface area contributed by atoms with Gasteiger partial charge < -0.3 is 20.1 Å². The number of hydrogen-bond acceptors (Lipinski definition) is 4. The molecular weight excluding hydrogens is 348 g/mol. The summed E-state index contributed by atoms with van der Waals surface area (Å²) >= 11 is 0. The fourth-order valence-electron chi connectivity index (χ4n) is 2.84. The van der Waals surface area contributed by atoms with Gasteiger partial charge in [0.2, 0.25) is 0 Å². The highest BCUT2D eigenvalue weighted by molar-refractivity contribution is 5.58. The summed E-state index contributed by atoms with van der Waals surface area (Å²) in [6.45, 7) is 6.15. The molecule has 28 heavy (non-hydrogen) atoms. The van der Waals surface area contributed by atoms with Crippen LogP contribution >= 0.6 is 0 Å². The minimum Gasteiger partial charge on any atom is -0.489 e. The summed E-state index contributed by atoms with van der Waals surface area (Å²) in [5.74, 6) is 1.74. The van der Waals surface area contributed by atoms with E-state index in [0.29, 0.717) is 6.61 Å². The molecule has 0 amide bonds. The number of para-hydroxylation sites is 4. The third-order valence-electron chi connectivity index (χ3n) is 4.13. The third-order valence-corrected chi connectivity index (χ3v) is 4.13. The van der Waals surface area contributed by atoms with E-state index in [-0.39, 0.29) is 6.10 Å². The summed E-state index contributed by atoms with van der Waals surface area (Å²) < 4.78 is 11.8. The van der Waals surface area contributed by atoms with Crippen LogP contribution in [0.25, 0.3) is 0 Å². The molecule has 0 bridgehead atoms. The SMILES string of the molecule is CC(C)Oc1ccccc1NCCNc1ccccc1OCc1ccccc1. The Hall–Kier alpha value is -3.14. The third kappa shape index (κ3) is 5.95. The van der Waals surface area contributed by atoms with Gasteiger partial charge in [-0.05, 0) is 43.7 Å². The largest absolute Gasteiger partial charge is 0.489 e. The minimum atomic E-state index is 0.148. The molecule has 4 nitrogen and oxygen atoms in total. The van der Waals surface area contributed by atoms with Crippen molar-refractivity contribution < 1.29 is 9.47 Å². The van der Waals surface area contributed by atoms with Gasteiger partial charge in [-0.2, -0.15) is 0 Å². The Balaban J connectivity index is 1.52. The Kier molecular flexibility index (Phi) is 7.19. The summed E-state index contributed by atoms with van der Waals surface area (Å²) in [4.78, 5) is 0. The average Bonchev–Trinajstić information content (AvgIpc) is 2.72. The molecule has 0 aliphatic heterocycles. The summed E-state index contributed by atoms with van der Waals surface area (Å²) in [6.07, 6.45) is 0.148. The van der Waals surface area contributed by atoms with Crippen LogP contribution in [0.5, 0.6) is 11.5 Å². The molecule has 0 aromatic heterocycles. The zero-order valence-electron chi connectivity index (χ0n) is 16.5. The van der Waals surface area contributed by atoms with E-state index in [4.69, 9.17) is 9.47 Å². The monoisotopic (exact) mass is 376 g/mol. The first-order valence-electron chi connectivity index (χ1n) is 9.71. The molecule has 0 atom stereocenters. The van der Waals surface area contributed by atoms with Crippen molar-refractivity contribution >= 4 is 11.4 Å². The van der Waals surface area contributed by atoms with E-state index in [2.05, 4.69) is 22.8 Å². The number of ether oxygens (including phenoxy) is 2. The van der Waals surface area contributed by atoms with Gasteiger partial charge in [0.25, 0.3) is 0 Å². The van der Waals surface area contributed by atoms with Crippen LogP contribution in [0.1, 0.15) is 19.4 Å². The molecular formula is C24H28N2O2. The topological polar surface area (TPSA) is 42.5 Å². The van der Waals surface area contributed by atoms with E-state index in [1.165, 1.54) is 0 Å². The maximum Gasteiger partial charge on any atom is 0.142 e. The van der Waals surface area contributed by atoms with E-state index < -0.39 is 0 Å². The summed E-state index contributed by atoms with van der Waals surface area (Å²) in [5.41, 5.74) is 3.15. The van der Waals surface area contributed by atoms with Gasteiger partial charge in [-0.15, -0.1) is 0 Å². The van der Waals surface area contributed by atoms with Crippen LogP contribution in [0, 0.1) is 0 Å². The highest BCUT2D eigenvalue weighted by Gasteiger charge is 2.05. The zero-order valence-corrected chi connectivity index (χ0v) is 16.5. The molecule has 146 valence electrons. The summed E-state index contributed by atoms with van der Waals surface area (Å²) in [5, 5.41) is 6.89. The molecule has 0 fully saturated rings. The van der Waals surface area contributed by atoms with Crippen LogP contribution in [-0.4, -0.2) is 19.2 Å². The van der Waals surface area contributed by atoms with Crippen molar-refractivity contribution in [3.05, 3.63) is 84.4 Å². The molecule has 0 spiro atoms. The second-order valence-corrected chi connectivity index (χ2v) is 6.79. The van der Waals surface area contributed by atoms with Gasteiger partial charge in [-0.25, -0.2) is 0 Å². The smallest absolute Gasteiger partial charge is 0.142 e. The second kappa shape index (κ2) is 10.3. The van der Waals surface area contributed by atoms with Crippen molar-refractivity contribution in [2.24, 2.45) is 0 Å². The molecule has 3 rings (SSSR count). The Morgan fingerprint density at radius 1 is 0.679 bits per heavy atom. The van der Waals surface area contributed by atoms with Crippen LogP contribution in [-0.2, 0) is 6.61 Å². The van der Waals surface area contributed by atoms with Crippen LogP contribution in [0.2, 0.25) is 0 Å². The Morgan fingerprint density at radius 2 is 1.21 bits per heavy atom. The highest BCUT2D eigenvalue weighted by atomic mass is 16.5. The fourth-order valence-corrected chi connectivity index (χ4v) is 2.84. The number of anilines is 2. The second-order valence-electron chi connectivity index (χ2n) is 6.79. The molecule has 0 saturated heterocycles. The molecule has 3 aromatic carbocycles. The van der Waals surface area contributed by atoms with Gasteiger partial charge in [0, 0.05) is 13.1 Å². The number of benzene rings is 3. The minimum absolute atomic E-state index is 0.148. The Bertz CT molecular complexity index is 850. The Labute approximate surface area is 167 Å². The van der Waals surface area contributed by atoms with Crippen LogP contribution in [0.15, 0.2) is 78.9 Å². The standard InChI is InChI=1S/C24H28N2O2/c1-19(2)28-24-15-9-7-13-22(24)26-17-16-25-21-12-6-8-14-23(21)27-18-20-10-4-3-5-11-20/h3-15,19,25-26H,16-18H2,1-2H3. The van der Waals surface area contributed by atoms with Crippen LogP contribution < -0.4 is 20.1 Å². The predicted molar refractivity (Wildman–Crippen MR) is 116 cm³/mol. The van der Waals surface area contributed by atoms with Gasteiger partial charge in [0.15, 0.2) is 0 Å². The molecule has 3 aromatic rings. The molecule has 2 N–H and O–H groups in total. The number of rotatable bonds is 10. The van der Waals surface area contributed by atoms with Crippen molar-refractivity contribution in [3.63, 3.8) is 0 Å². The Morgan fingerprint density at radius 3 is 1.86 bits per heavy atom.